The molecule has 0 unspecified atom stereocenters. The van der Waals surface area contributed by atoms with Crippen LogP contribution in [0.4, 0.5) is 17.1 Å². The van der Waals surface area contributed by atoms with Crippen LogP contribution in [0.1, 0.15) is 31.1 Å². The molecule has 3 amide bonds. The van der Waals surface area contributed by atoms with E-state index >= 15 is 0 Å². The molecule has 1 heterocycles. The molecule has 8 nitrogen and oxygen atoms in total. The van der Waals surface area contributed by atoms with Crippen molar-refractivity contribution >= 4 is 45.6 Å². The number of imide groups is 1. The van der Waals surface area contributed by atoms with E-state index in [4.69, 9.17) is 0 Å². The molecule has 0 aliphatic carbocycles. The second-order valence-electron chi connectivity index (χ2n) is 7.47. The first-order chi connectivity index (χ1) is 15.9. The summed E-state index contributed by atoms with van der Waals surface area (Å²) in [6.07, 6.45) is 0. The van der Waals surface area contributed by atoms with Crippen molar-refractivity contribution in [2.75, 3.05) is 10.2 Å². The standard InChI is InChI=1S/C25H15N3O5/c29-23(26-17-7-4-8-18(14-17)28(32)33)16-11-12-20-21(13-16)25(31)27(24(20)30)22-10-3-6-15-5-1-2-9-19(15)22/h1-14H,(H,26,29). The molecule has 0 atom stereocenters. The summed E-state index contributed by atoms with van der Waals surface area (Å²) in [7, 11) is 0. The monoisotopic (exact) mass is 437 g/mol. The maximum atomic E-state index is 13.2. The molecule has 4 aromatic rings. The second kappa shape index (κ2) is 7.69. The number of non-ortho nitro benzene ring substituents is 1. The van der Waals surface area contributed by atoms with Gasteiger partial charge in [0.25, 0.3) is 23.4 Å². The van der Waals surface area contributed by atoms with Gasteiger partial charge in [-0.3, -0.25) is 24.5 Å². The number of nitrogens with zero attached hydrogens (tertiary/aromatic N) is 2. The highest BCUT2D eigenvalue weighted by atomic mass is 16.6. The van der Waals surface area contributed by atoms with E-state index in [9.17, 15) is 24.5 Å². The Bertz CT molecular complexity index is 1490. The molecule has 0 aromatic heterocycles. The number of hydrogen-bond donors (Lipinski definition) is 1. The molecule has 0 saturated heterocycles. The SMILES string of the molecule is O=C(Nc1cccc([N+](=O)[O-])c1)c1ccc2c(c1)C(=O)N(c1cccc3ccccc13)C2=O. The third-order valence-electron chi connectivity index (χ3n) is 5.47. The molecule has 1 aliphatic heterocycles. The van der Waals surface area contributed by atoms with Crippen LogP contribution in [0.15, 0.2) is 84.9 Å². The maximum Gasteiger partial charge on any atom is 0.271 e. The minimum absolute atomic E-state index is 0.125. The highest BCUT2D eigenvalue weighted by Gasteiger charge is 2.37. The molecule has 1 aliphatic rings. The smallest absolute Gasteiger partial charge is 0.271 e. The van der Waals surface area contributed by atoms with Crippen molar-refractivity contribution in [3.05, 3.63) is 112 Å². The summed E-state index contributed by atoms with van der Waals surface area (Å²) in [4.78, 5) is 50.5. The number of hydrogen-bond acceptors (Lipinski definition) is 5. The molecule has 0 spiro atoms. The van der Waals surface area contributed by atoms with Crippen LogP contribution in [-0.4, -0.2) is 22.6 Å². The fraction of sp³-hybridized carbons (Fsp3) is 0. The lowest BCUT2D eigenvalue weighted by Crippen LogP contribution is -2.29. The Kier molecular flexibility index (Phi) is 4.68. The van der Waals surface area contributed by atoms with Crippen molar-refractivity contribution in [1.82, 2.24) is 0 Å². The Balaban J connectivity index is 1.47. The van der Waals surface area contributed by atoms with Gasteiger partial charge >= 0.3 is 0 Å². The van der Waals surface area contributed by atoms with E-state index in [1.54, 1.807) is 12.1 Å². The number of carbonyl (C=O) groups is 3. The minimum atomic E-state index is -0.558. The van der Waals surface area contributed by atoms with Crippen molar-refractivity contribution in [3.63, 3.8) is 0 Å². The molecule has 0 radical (unpaired) electrons. The molecular weight excluding hydrogens is 422 g/mol. The molecule has 5 rings (SSSR count). The van der Waals surface area contributed by atoms with E-state index in [-0.39, 0.29) is 28.1 Å². The van der Waals surface area contributed by atoms with E-state index in [0.29, 0.717) is 5.69 Å². The summed E-state index contributed by atoms with van der Waals surface area (Å²) in [5, 5.41) is 15.2. The average molecular weight is 437 g/mol. The van der Waals surface area contributed by atoms with E-state index in [2.05, 4.69) is 5.32 Å². The first-order valence-corrected chi connectivity index (χ1v) is 10.0. The van der Waals surface area contributed by atoms with Gasteiger partial charge in [0.05, 0.1) is 21.7 Å². The molecule has 8 heteroatoms. The van der Waals surface area contributed by atoms with Crippen LogP contribution in [0.25, 0.3) is 10.8 Å². The predicted octanol–water partition coefficient (Wildman–Crippen LogP) is 4.80. The number of benzene rings is 4. The number of rotatable bonds is 4. The summed E-state index contributed by atoms with van der Waals surface area (Å²) in [6.45, 7) is 0. The molecule has 0 bridgehead atoms. The van der Waals surface area contributed by atoms with Gasteiger partial charge in [-0.05, 0) is 35.7 Å². The van der Waals surface area contributed by atoms with Crippen LogP contribution in [0, 0.1) is 10.1 Å². The quantitative estimate of drug-likeness (QED) is 0.280. The Hall–Kier alpha value is -4.85. The van der Waals surface area contributed by atoms with Gasteiger partial charge in [-0.1, -0.05) is 42.5 Å². The third kappa shape index (κ3) is 3.39. The highest BCUT2D eigenvalue weighted by molar-refractivity contribution is 6.36. The van der Waals surface area contributed by atoms with Crippen molar-refractivity contribution in [2.45, 2.75) is 0 Å². The normalized spacial score (nSPS) is 12.7. The summed E-state index contributed by atoms with van der Waals surface area (Å²) in [6, 6.07) is 22.6. The Labute approximate surface area is 187 Å². The molecule has 1 N–H and O–H groups in total. The zero-order valence-corrected chi connectivity index (χ0v) is 17.0. The lowest BCUT2D eigenvalue weighted by atomic mass is 10.1. The summed E-state index contributed by atoms with van der Waals surface area (Å²) in [5.74, 6) is -1.53. The Morgan fingerprint density at radius 3 is 2.36 bits per heavy atom. The number of carbonyl (C=O) groups excluding carboxylic acids is 3. The van der Waals surface area contributed by atoms with Gasteiger partial charge in [-0.2, -0.15) is 0 Å². The van der Waals surface area contributed by atoms with Gasteiger partial charge in [0.15, 0.2) is 0 Å². The molecule has 4 aromatic carbocycles. The maximum absolute atomic E-state index is 13.2. The summed E-state index contributed by atoms with van der Waals surface area (Å²) < 4.78 is 0. The van der Waals surface area contributed by atoms with Gasteiger partial charge in [0.2, 0.25) is 0 Å². The van der Waals surface area contributed by atoms with Crippen LogP contribution in [0.5, 0.6) is 0 Å². The van der Waals surface area contributed by atoms with Crippen molar-refractivity contribution in [3.8, 4) is 0 Å². The van der Waals surface area contributed by atoms with E-state index in [1.807, 2.05) is 30.3 Å². The topological polar surface area (TPSA) is 110 Å². The second-order valence-corrected chi connectivity index (χ2v) is 7.47. The summed E-state index contributed by atoms with van der Waals surface area (Å²) in [5.41, 5.74) is 1.05. The third-order valence-corrected chi connectivity index (χ3v) is 5.47. The zero-order valence-electron chi connectivity index (χ0n) is 17.0. The zero-order chi connectivity index (χ0) is 23.1. The molecule has 0 fully saturated rings. The number of nitrogens with one attached hydrogen (secondary N) is 1. The van der Waals surface area contributed by atoms with E-state index in [0.717, 1.165) is 15.7 Å². The van der Waals surface area contributed by atoms with Crippen LogP contribution in [0.2, 0.25) is 0 Å². The number of anilines is 2. The molecule has 160 valence electrons. The van der Waals surface area contributed by atoms with Crippen LogP contribution >= 0.6 is 0 Å². The molecule has 0 saturated carbocycles. The van der Waals surface area contributed by atoms with Crippen molar-refractivity contribution in [1.29, 1.82) is 0 Å². The first kappa shape index (κ1) is 20.1. The lowest BCUT2D eigenvalue weighted by Gasteiger charge is -2.16. The molecular formula is C25H15N3O5. The number of nitro groups is 1. The number of nitro benzene ring substituents is 1. The summed E-state index contributed by atoms with van der Waals surface area (Å²) >= 11 is 0. The van der Waals surface area contributed by atoms with Gasteiger partial charge < -0.3 is 5.32 Å². The van der Waals surface area contributed by atoms with Crippen molar-refractivity contribution < 1.29 is 19.3 Å². The van der Waals surface area contributed by atoms with Gasteiger partial charge in [-0.15, -0.1) is 0 Å². The number of amides is 3. The Morgan fingerprint density at radius 1 is 0.818 bits per heavy atom. The predicted molar refractivity (Wildman–Crippen MR) is 123 cm³/mol. The highest BCUT2D eigenvalue weighted by Crippen LogP contribution is 2.34. The minimum Gasteiger partial charge on any atom is -0.322 e. The fourth-order valence-electron chi connectivity index (χ4n) is 3.90. The van der Waals surface area contributed by atoms with E-state index in [1.165, 1.54) is 42.5 Å². The number of fused-ring (bicyclic) bond motifs is 2. The average Bonchev–Trinajstić information content (AvgIpc) is 3.08. The van der Waals surface area contributed by atoms with Crippen LogP contribution < -0.4 is 10.2 Å². The van der Waals surface area contributed by atoms with Crippen LogP contribution in [0.3, 0.4) is 0 Å². The first-order valence-electron chi connectivity index (χ1n) is 10.0. The fourth-order valence-corrected chi connectivity index (χ4v) is 3.90. The molecule has 33 heavy (non-hydrogen) atoms. The Morgan fingerprint density at radius 2 is 1.55 bits per heavy atom. The van der Waals surface area contributed by atoms with E-state index < -0.39 is 22.6 Å². The van der Waals surface area contributed by atoms with Gasteiger partial charge in [0.1, 0.15) is 0 Å². The van der Waals surface area contributed by atoms with Crippen molar-refractivity contribution in [2.24, 2.45) is 0 Å². The largest absolute Gasteiger partial charge is 0.322 e. The van der Waals surface area contributed by atoms with Gasteiger partial charge in [-0.25, -0.2) is 4.90 Å². The van der Waals surface area contributed by atoms with Gasteiger partial charge in [0, 0.05) is 28.8 Å². The lowest BCUT2D eigenvalue weighted by molar-refractivity contribution is -0.384. The van der Waals surface area contributed by atoms with Crippen LogP contribution in [-0.2, 0) is 0 Å².